The van der Waals surface area contributed by atoms with Crippen molar-refractivity contribution in [2.75, 3.05) is 5.75 Å². The number of ether oxygens (including phenoxy) is 1. The van der Waals surface area contributed by atoms with E-state index in [1.165, 1.54) is 17.3 Å². The first-order valence-corrected chi connectivity index (χ1v) is 9.40. The number of hydrogen-bond acceptors (Lipinski definition) is 5. The van der Waals surface area contributed by atoms with Gasteiger partial charge in [0.1, 0.15) is 12.4 Å². The van der Waals surface area contributed by atoms with Gasteiger partial charge in [0, 0.05) is 10.6 Å². The van der Waals surface area contributed by atoms with E-state index in [9.17, 15) is 4.79 Å². The molecule has 3 rings (SSSR count). The summed E-state index contributed by atoms with van der Waals surface area (Å²) in [5.41, 5.74) is 3.00. The lowest BCUT2D eigenvalue weighted by molar-refractivity contribution is 0.102. The lowest BCUT2D eigenvalue weighted by Crippen LogP contribution is -2.03. The van der Waals surface area contributed by atoms with Gasteiger partial charge in [0.15, 0.2) is 11.6 Å². The van der Waals surface area contributed by atoms with Crippen LogP contribution in [-0.4, -0.2) is 26.7 Å². The highest BCUT2D eigenvalue weighted by Crippen LogP contribution is 2.19. The summed E-state index contributed by atoms with van der Waals surface area (Å²) in [4.78, 5) is 16.6. The van der Waals surface area contributed by atoms with Gasteiger partial charge >= 0.3 is 0 Å². The molecule has 3 aromatic rings. The van der Waals surface area contributed by atoms with Crippen molar-refractivity contribution in [2.24, 2.45) is 0 Å². The molecule has 5 nitrogen and oxygen atoms in total. The predicted molar refractivity (Wildman–Crippen MR) is 103 cm³/mol. The Balaban J connectivity index is 1.52. The second-order valence-corrected chi connectivity index (χ2v) is 7.20. The van der Waals surface area contributed by atoms with Crippen molar-refractivity contribution in [2.45, 2.75) is 25.6 Å². The minimum absolute atomic E-state index is 0.0573. The van der Waals surface area contributed by atoms with E-state index in [-0.39, 0.29) is 18.1 Å². The van der Waals surface area contributed by atoms with Crippen LogP contribution in [0.5, 0.6) is 5.75 Å². The van der Waals surface area contributed by atoms with Crippen molar-refractivity contribution < 1.29 is 9.53 Å². The summed E-state index contributed by atoms with van der Waals surface area (Å²) in [7, 11) is 0. The van der Waals surface area contributed by atoms with E-state index in [1.54, 1.807) is 24.3 Å². The molecule has 1 N–H and O–H groups in total. The molecule has 7 heteroatoms. The average Bonchev–Trinajstić information content (AvgIpc) is 3.09. The number of carbonyl (C=O) groups is 1. The molecular formula is C19H18ClN3O2S. The summed E-state index contributed by atoms with van der Waals surface area (Å²) in [6.45, 7) is 4.29. The fourth-order valence-corrected chi connectivity index (χ4v) is 3.06. The van der Waals surface area contributed by atoms with Crippen LogP contribution in [0.15, 0.2) is 47.6 Å². The summed E-state index contributed by atoms with van der Waals surface area (Å²) in [5.74, 6) is 1.64. The number of Topliss-reactive ketones (excluding diaryl/α,β-unsaturated/α-hetero) is 1. The number of H-pyrrole nitrogens is 1. The number of nitrogens with one attached hydrogen (secondary N) is 1. The predicted octanol–water partition coefficient (Wildman–Crippen LogP) is 4.63. The molecule has 0 aliphatic carbocycles. The number of aryl methyl sites for hydroxylation is 2. The molecule has 2 aromatic carbocycles. The van der Waals surface area contributed by atoms with Crippen LogP contribution >= 0.6 is 23.4 Å². The molecule has 0 saturated heterocycles. The summed E-state index contributed by atoms with van der Waals surface area (Å²) < 4.78 is 5.61. The number of nitrogens with zero attached hydrogens (tertiary/aromatic N) is 2. The number of benzene rings is 2. The summed E-state index contributed by atoms with van der Waals surface area (Å²) in [6, 6.07) is 12.8. The van der Waals surface area contributed by atoms with Gasteiger partial charge in [-0.1, -0.05) is 35.5 Å². The summed E-state index contributed by atoms with van der Waals surface area (Å²) in [6.07, 6.45) is 0. The second kappa shape index (κ2) is 8.38. The third-order valence-electron chi connectivity index (χ3n) is 3.86. The number of thioether (sulfide) groups is 1. The molecule has 0 unspecified atom stereocenters. The SMILES string of the molecule is Cc1ccc(C(=O)CSc2n[nH]c(COc3ccc(Cl)cc3)n2)cc1C. The largest absolute Gasteiger partial charge is 0.486 e. The van der Waals surface area contributed by atoms with Crippen LogP contribution < -0.4 is 4.74 Å². The van der Waals surface area contributed by atoms with Crippen molar-refractivity contribution in [1.82, 2.24) is 15.2 Å². The van der Waals surface area contributed by atoms with Crippen molar-refractivity contribution in [3.8, 4) is 5.75 Å². The highest BCUT2D eigenvalue weighted by Gasteiger charge is 2.11. The molecule has 1 heterocycles. The molecule has 0 atom stereocenters. The van der Waals surface area contributed by atoms with E-state index >= 15 is 0 Å². The Morgan fingerprint density at radius 3 is 2.65 bits per heavy atom. The average molecular weight is 388 g/mol. The van der Waals surface area contributed by atoms with Crippen LogP contribution in [0, 0.1) is 13.8 Å². The Morgan fingerprint density at radius 2 is 1.92 bits per heavy atom. The van der Waals surface area contributed by atoms with Crippen LogP contribution in [0.4, 0.5) is 0 Å². The molecule has 134 valence electrons. The molecule has 0 aliphatic heterocycles. The first kappa shape index (κ1) is 18.5. The van der Waals surface area contributed by atoms with Crippen LogP contribution in [0.25, 0.3) is 0 Å². The van der Waals surface area contributed by atoms with Gasteiger partial charge in [-0.2, -0.15) is 0 Å². The Labute approximate surface area is 161 Å². The maximum Gasteiger partial charge on any atom is 0.208 e. The van der Waals surface area contributed by atoms with Gasteiger partial charge in [-0.05, 0) is 55.3 Å². The van der Waals surface area contributed by atoms with Gasteiger partial charge in [-0.3, -0.25) is 9.89 Å². The third kappa shape index (κ3) is 4.86. The van der Waals surface area contributed by atoms with Crippen molar-refractivity contribution in [1.29, 1.82) is 0 Å². The lowest BCUT2D eigenvalue weighted by Gasteiger charge is -2.03. The van der Waals surface area contributed by atoms with E-state index in [1.807, 2.05) is 32.0 Å². The zero-order chi connectivity index (χ0) is 18.5. The Hall–Kier alpha value is -2.31. The molecule has 1 aromatic heterocycles. The van der Waals surface area contributed by atoms with E-state index in [0.29, 0.717) is 27.3 Å². The molecule has 26 heavy (non-hydrogen) atoms. The normalized spacial score (nSPS) is 10.7. The van der Waals surface area contributed by atoms with Gasteiger partial charge in [-0.15, -0.1) is 5.10 Å². The smallest absolute Gasteiger partial charge is 0.208 e. The van der Waals surface area contributed by atoms with Crippen LogP contribution in [0.2, 0.25) is 5.02 Å². The van der Waals surface area contributed by atoms with Crippen LogP contribution in [0.1, 0.15) is 27.3 Å². The third-order valence-corrected chi connectivity index (χ3v) is 4.96. The number of carbonyl (C=O) groups excluding carboxylic acids is 1. The Morgan fingerprint density at radius 1 is 1.15 bits per heavy atom. The zero-order valence-electron chi connectivity index (χ0n) is 14.5. The van der Waals surface area contributed by atoms with Crippen molar-refractivity contribution in [3.63, 3.8) is 0 Å². The minimum atomic E-state index is 0.0573. The number of hydrogen-bond donors (Lipinski definition) is 1. The number of aromatic amines is 1. The quantitative estimate of drug-likeness (QED) is 0.473. The first-order chi connectivity index (χ1) is 12.5. The minimum Gasteiger partial charge on any atom is -0.486 e. The molecule has 0 saturated carbocycles. The number of ketones is 1. The highest BCUT2D eigenvalue weighted by molar-refractivity contribution is 7.99. The number of rotatable bonds is 7. The van der Waals surface area contributed by atoms with Crippen LogP contribution in [-0.2, 0) is 6.61 Å². The highest BCUT2D eigenvalue weighted by atomic mass is 35.5. The fraction of sp³-hybridized carbons (Fsp3) is 0.211. The van der Waals surface area contributed by atoms with Gasteiger partial charge in [0.2, 0.25) is 5.16 Å². The van der Waals surface area contributed by atoms with Gasteiger partial charge in [-0.25, -0.2) is 4.98 Å². The maximum atomic E-state index is 12.3. The fourth-order valence-electron chi connectivity index (χ4n) is 2.22. The first-order valence-electron chi connectivity index (χ1n) is 8.04. The maximum absolute atomic E-state index is 12.3. The van der Waals surface area contributed by atoms with Gasteiger partial charge in [0.05, 0.1) is 5.75 Å². The van der Waals surface area contributed by atoms with Crippen LogP contribution in [0.3, 0.4) is 0 Å². The summed E-state index contributed by atoms with van der Waals surface area (Å²) in [5, 5.41) is 8.12. The Bertz CT molecular complexity index is 909. The van der Waals surface area contributed by atoms with E-state index in [0.717, 1.165) is 5.56 Å². The number of halogens is 1. The molecule has 0 aliphatic rings. The monoisotopic (exact) mass is 387 g/mol. The molecule has 0 radical (unpaired) electrons. The molecule has 0 spiro atoms. The zero-order valence-corrected chi connectivity index (χ0v) is 16.0. The van der Waals surface area contributed by atoms with E-state index in [2.05, 4.69) is 15.2 Å². The molecule has 0 amide bonds. The molecular weight excluding hydrogens is 370 g/mol. The lowest BCUT2D eigenvalue weighted by atomic mass is 10.0. The van der Waals surface area contributed by atoms with Crippen molar-refractivity contribution in [3.05, 3.63) is 70.0 Å². The van der Waals surface area contributed by atoms with Crippen molar-refractivity contribution >= 4 is 29.1 Å². The van der Waals surface area contributed by atoms with E-state index < -0.39 is 0 Å². The Kier molecular flexibility index (Phi) is 5.96. The number of aromatic nitrogens is 3. The van der Waals surface area contributed by atoms with Gasteiger partial charge < -0.3 is 4.74 Å². The standard InChI is InChI=1S/C19H18ClN3O2S/c1-12-3-4-14(9-13(12)2)17(24)11-26-19-21-18(22-23-19)10-25-16-7-5-15(20)6-8-16/h3-9H,10-11H2,1-2H3,(H,21,22,23). The van der Waals surface area contributed by atoms with Gasteiger partial charge in [0.25, 0.3) is 0 Å². The summed E-state index contributed by atoms with van der Waals surface area (Å²) >= 11 is 7.14. The topological polar surface area (TPSA) is 67.9 Å². The second-order valence-electron chi connectivity index (χ2n) is 5.82. The molecule has 0 fully saturated rings. The van der Waals surface area contributed by atoms with E-state index in [4.69, 9.17) is 16.3 Å². The molecule has 0 bridgehead atoms.